The van der Waals surface area contributed by atoms with E-state index in [-0.39, 0.29) is 6.79 Å². The lowest BCUT2D eigenvalue weighted by Crippen LogP contribution is -2.37. The smallest absolute Gasteiger partial charge is 0.231 e. The molecule has 1 heterocycles. The van der Waals surface area contributed by atoms with Crippen LogP contribution in [0.2, 0.25) is 0 Å². The fourth-order valence-electron chi connectivity index (χ4n) is 1.63. The van der Waals surface area contributed by atoms with Crippen molar-refractivity contribution in [3.05, 3.63) is 23.3 Å². The highest BCUT2D eigenvalue weighted by Crippen LogP contribution is 2.34. The van der Waals surface area contributed by atoms with Gasteiger partial charge in [0.05, 0.1) is 6.07 Å². The Balaban J connectivity index is 2.15. The van der Waals surface area contributed by atoms with E-state index in [1.54, 1.807) is 0 Å². The van der Waals surface area contributed by atoms with Crippen LogP contribution >= 0.6 is 0 Å². The molecule has 1 N–H and O–H groups in total. The first-order valence-corrected chi connectivity index (χ1v) is 5.57. The van der Waals surface area contributed by atoms with Gasteiger partial charge in [-0.15, -0.1) is 0 Å². The quantitative estimate of drug-likeness (QED) is 0.867. The van der Waals surface area contributed by atoms with Crippen molar-refractivity contribution in [1.82, 2.24) is 5.32 Å². The first-order valence-electron chi connectivity index (χ1n) is 5.57. The highest BCUT2D eigenvalue weighted by atomic mass is 16.7. The minimum absolute atomic E-state index is 0.287. The minimum Gasteiger partial charge on any atom is -0.454 e. The molecule has 0 amide bonds. The zero-order valence-electron chi connectivity index (χ0n) is 10.3. The van der Waals surface area contributed by atoms with Crippen molar-refractivity contribution >= 4 is 0 Å². The summed E-state index contributed by atoms with van der Waals surface area (Å²) in [5.41, 5.74) is 1.73. The molecule has 0 fully saturated rings. The summed E-state index contributed by atoms with van der Waals surface area (Å²) in [7, 11) is 0. The summed E-state index contributed by atoms with van der Waals surface area (Å²) < 4.78 is 10.6. The van der Waals surface area contributed by atoms with Gasteiger partial charge in [-0.2, -0.15) is 5.26 Å². The number of aryl methyl sites for hydroxylation is 1. The van der Waals surface area contributed by atoms with Crippen LogP contribution in [0, 0.1) is 18.3 Å². The van der Waals surface area contributed by atoms with Gasteiger partial charge in [-0.1, -0.05) is 0 Å². The van der Waals surface area contributed by atoms with Gasteiger partial charge in [0.1, 0.15) is 5.54 Å². The SMILES string of the molecule is Cc1cc2c(cc1CNC(C)(C)C#N)OCO2. The second-order valence-corrected chi connectivity index (χ2v) is 4.72. The van der Waals surface area contributed by atoms with E-state index in [1.165, 1.54) is 0 Å². The summed E-state index contributed by atoms with van der Waals surface area (Å²) in [6.07, 6.45) is 0. The van der Waals surface area contributed by atoms with E-state index in [2.05, 4.69) is 11.4 Å². The molecule has 90 valence electrons. The molecule has 0 unspecified atom stereocenters. The molecule has 0 radical (unpaired) electrons. The summed E-state index contributed by atoms with van der Waals surface area (Å²) in [6.45, 7) is 6.67. The molecule has 0 bridgehead atoms. The van der Waals surface area contributed by atoms with Crippen molar-refractivity contribution in [2.75, 3.05) is 6.79 Å². The summed E-state index contributed by atoms with van der Waals surface area (Å²) in [6, 6.07) is 6.16. The van der Waals surface area contributed by atoms with Gasteiger partial charge in [-0.05, 0) is 44.0 Å². The molecule has 1 aliphatic heterocycles. The fraction of sp³-hybridized carbons (Fsp3) is 0.462. The Morgan fingerprint density at radius 1 is 1.35 bits per heavy atom. The number of ether oxygens (including phenoxy) is 2. The number of rotatable bonds is 3. The van der Waals surface area contributed by atoms with Crippen LogP contribution in [0.25, 0.3) is 0 Å². The molecule has 0 spiro atoms. The third-order valence-electron chi connectivity index (χ3n) is 2.83. The Morgan fingerprint density at radius 2 is 2.00 bits per heavy atom. The number of hydrogen-bond donors (Lipinski definition) is 1. The third kappa shape index (κ3) is 2.51. The number of nitrogens with one attached hydrogen (secondary N) is 1. The Morgan fingerprint density at radius 3 is 2.65 bits per heavy atom. The maximum atomic E-state index is 8.94. The van der Waals surface area contributed by atoms with Gasteiger partial charge >= 0.3 is 0 Å². The second-order valence-electron chi connectivity index (χ2n) is 4.72. The topological polar surface area (TPSA) is 54.3 Å². The molecule has 4 nitrogen and oxygen atoms in total. The van der Waals surface area contributed by atoms with Gasteiger partial charge in [0.25, 0.3) is 0 Å². The third-order valence-corrected chi connectivity index (χ3v) is 2.83. The summed E-state index contributed by atoms with van der Waals surface area (Å²) >= 11 is 0. The van der Waals surface area contributed by atoms with Gasteiger partial charge in [-0.3, -0.25) is 5.32 Å². The van der Waals surface area contributed by atoms with Crippen LogP contribution in [0.5, 0.6) is 11.5 Å². The van der Waals surface area contributed by atoms with Gasteiger partial charge in [-0.25, -0.2) is 0 Å². The molecule has 0 aromatic heterocycles. The van der Waals surface area contributed by atoms with Crippen molar-refractivity contribution in [2.24, 2.45) is 0 Å². The second kappa shape index (κ2) is 4.27. The Labute approximate surface area is 101 Å². The standard InChI is InChI=1S/C13H16N2O2/c1-9-4-11-12(17-8-16-11)5-10(9)6-15-13(2,3)7-14/h4-5,15H,6,8H2,1-3H3. The van der Waals surface area contributed by atoms with Crippen LogP contribution in [-0.4, -0.2) is 12.3 Å². The van der Waals surface area contributed by atoms with Crippen molar-refractivity contribution in [1.29, 1.82) is 5.26 Å². The first-order chi connectivity index (χ1) is 8.02. The van der Waals surface area contributed by atoms with Crippen molar-refractivity contribution in [3.8, 4) is 17.6 Å². The zero-order valence-corrected chi connectivity index (χ0v) is 10.3. The van der Waals surface area contributed by atoms with E-state index in [0.717, 1.165) is 22.6 Å². The van der Waals surface area contributed by atoms with Crippen molar-refractivity contribution in [3.63, 3.8) is 0 Å². The maximum absolute atomic E-state index is 8.94. The number of hydrogen-bond acceptors (Lipinski definition) is 4. The Kier molecular flexibility index (Phi) is 2.95. The van der Waals surface area contributed by atoms with E-state index in [0.29, 0.717) is 6.54 Å². The predicted molar refractivity (Wildman–Crippen MR) is 63.8 cm³/mol. The molecule has 4 heteroatoms. The van der Waals surface area contributed by atoms with E-state index in [4.69, 9.17) is 14.7 Å². The molecular formula is C13H16N2O2. The maximum Gasteiger partial charge on any atom is 0.231 e. The number of nitrogens with zero attached hydrogens (tertiary/aromatic N) is 1. The molecule has 2 rings (SSSR count). The van der Waals surface area contributed by atoms with Crippen molar-refractivity contribution in [2.45, 2.75) is 32.9 Å². The molecule has 1 aromatic carbocycles. The number of fused-ring (bicyclic) bond motifs is 1. The fourth-order valence-corrected chi connectivity index (χ4v) is 1.63. The van der Waals surface area contributed by atoms with E-state index in [1.807, 2.05) is 32.9 Å². The van der Waals surface area contributed by atoms with Crippen LogP contribution in [0.15, 0.2) is 12.1 Å². The molecule has 0 saturated heterocycles. The largest absolute Gasteiger partial charge is 0.454 e. The highest BCUT2D eigenvalue weighted by molar-refractivity contribution is 5.48. The van der Waals surface area contributed by atoms with Crippen molar-refractivity contribution < 1.29 is 9.47 Å². The molecule has 1 aliphatic rings. The molecule has 1 aromatic rings. The molecular weight excluding hydrogens is 216 g/mol. The van der Waals surface area contributed by atoms with E-state index < -0.39 is 5.54 Å². The monoisotopic (exact) mass is 232 g/mol. The summed E-state index contributed by atoms with van der Waals surface area (Å²) in [5, 5.41) is 12.1. The molecule has 0 aliphatic carbocycles. The molecule has 0 atom stereocenters. The number of benzene rings is 1. The van der Waals surface area contributed by atoms with Crippen LogP contribution in [0.3, 0.4) is 0 Å². The highest BCUT2D eigenvalue weighted by Gasteiger charge is 2.18. The van der Waals surface area contributed by atoms with Crippen LogP contribution < -0.4 is 14.8 Å². The van der Waals surface area contributed by atoms with Crippen LogP contribution in [-0.2, 0) is 6.54 Å². The van der Waals surface area contributed by atoms with Gasteiger partial charge in [0, 0.05) is 6.54 Å². The predicted octanol–water partition coefficient (Wildman–Crippen LogP) is 2.12. The van der Waals surface area contributed by atoms with Crippen LogP contribution in [0.4, 0.5) is 0 Å². The molecule has 17 heavy (non-hydrogen) atoms. The van der Waals surface area contributed by atoms with Crippen LogP contribution in [0.1, 0.15) is 25.0 Å². The van der Waals surface area contributed by atoms with Gasteiger partial charge in [0.2, 0.25) is 6.79 Å². The lowest BCUT2D eigenvalue weighted by molar-refractivity contribution is 0.174. The van der Waals surface area contributed by atoms with Gasteiger partial charge < -0.3 is 9.47 Å². The number of nitriles is 1. The summed E-state index contributed by atoms with van der Waals surface area (Å²) in [5.74, 6) is 1.58. The average molecular weight is 232 g/mol. The van der Waals surface area contributed by atoms with E-state index in [9.17, 15) is 0 Å². The summed E-state index contributed by atoms with van der Waals surface area (Å²) in [4.78, 5) is 0. The normalized spacial score (nSPS) is 13.5. The van der Waals surface area contributed by atoms with Gasteiger partial charge in [0.15, 0.2) is 11.5 Å². The first kappa shape index (κ1) is 11.7. The average Bonchev–Trinajstić information content (AvgIpc) is 2.73. The Bertz CT molecular complexity index is 475. The Hall–Kier alpha value is -1.73. The lowest BCUT2D eigenvalue weighted by Gasteiger charge is -2.18. The zero-order chi connectivity index (χ0) is 12.5. The minimum atomic E-state index is -0.525. The molecule has 0 saturated carbocycles. The van der Waals surface area contributed by atoms with E-state index >= 15 is 0 Å². The lowest BCUT2D eigenvalue weighted by atomic mass is 10.0.